The number of hydrogen-bond acceptors (Lipinski definition) is 3. The van der Waals surface area contributed by atoms with E-state index in [0.717, 1.165) is 18.8 Å². The first-order valence-corrected chi connectivity index (χ1v) is 6.25. The SMILES string of the molecule is CN1Cc2cccc(NC(=O)c3cccnc3)c2C1. The quantitative estimate of drug-likeness (QED) is 0.893. The summed E-state index contributed by atoms with van der Waals surface area (Å²) >= 11 is 0. The molecule has 0 fully saturated rings. The van der Waals surface area contributed by atoms with Gasteiger partial charge < -0.3 is 5.32 Å². The van der Waals surface area contributed by atoms with Crippen LogP contribution in [0.25, 0.3) is 0 Å². The molecule has 0 unspecified atom stereocenters. The van der Waals surface area contributed by atoms with Crippen molar-refractivity contribution in [2.24, 2.45) is 0 Å². The minimum Gasteiger partial charge on any atom is -0.322 e. The van der Waals surface area contributed by atoms with E-state index in [1.165, 1.54) is 11.1 Å². The molecular weight excluding hydrogens is 238 g/mol. The number of rotatable bonds is 2. The van der Waals surface area contributed by atoms with E-state index in [0.29, 0.717) is 5.56 Å². The molecule has 2 heterocycles. The summed E-state index contributed by atoms with van der Waals surface area (Å²) in [4.78, 5) is 18.3. The second kappa shape index (κ2) is 4.82. The Hall–Kier alpha value is -2.20. The lowest BCUT2D eigenvalue weighted by Crippen LogP contribution is -2.14. The summed E-state index contributed by atoms with van der Waals surface area (Å²) in [5.74, 6) is -0.115. The summed E-state index contributed by atoms with van der Waals surface area (Å²) in [6.45, 7) is 1.81. The Balaban J connectivity index is 1.86. The minimum absolute atomic E-state index is 0.115. The van der Waals surface area contributed by atoms with Gasteiger partial charge >= 0.3 is 0 Å². The fourth-order valence-corrected chi connectivity index (χ4v) is 2.39. The molecule has 3 rings (SSSR count). The van der Waals surface area contributed by atoms with Crippen molar-refractivity contribution < 1.29 is 4.79 Å². The molecule has 19 heavy (non-hydrogen) atoms. The van der Waals surface area contributed by atoms with E-state index in [4.69, 9.17) is 0 Å². The normalized spacial score (nSPS) is 14.2. The average molecular weight is 253 g/mol. The summed E-state index contributed by atoms with van der Waals surface area (Å²) in [6, 6.07) is 9.57. The first-order chi connectivity index (χ1) is 9.24. The lowest BCUT2D eigenvalue weighted by molar-refractivity contribution is 0.102. The van der Waals surface area contributed by atoms with Crippen LogP contribution in [0.3, 0.4) is 0 Å². The third-order valence-electron chi connectivity index (χ3n) is 3.31. The van der Waals surface area contributed by atoms with Crippen molar-refractivity contribution in [3.63, 3.8) is 0 Å². The predicted octanol–water partition coefficient (Wildman–Crippen LogP) is 2.28. The number of aromatic nitrogens is 1. The molecule has 0 atom stereocenters. The molecule has 1 amide bonds. The highest BCUT2D eigenvalue weighted by molar-refractivity contribution is 6.04. The van der Waals surface area contributed by atoms with Gasteiger partial charge in [0.05, 0.1) is 5.56 Å². The first kappa shape index (κ1) is 11.9. The molecule has 0 aliphatic carbocycles. The van der Waals surface area contributed by atoms with E-state index in [-0.39, 0.29) is 5.91 Å². The molecule has 0 saturated heterocycles. The third kappa shape index (κ3) is 2.35. The summed E-state index contributed by atoms with van der Waals surface area (Å²) in [7, 11) is 2.08. The highest BCUT2D eigenvalue weighted by Gasteiger charge is 2.19. The Morgan fingerprint density at radius 3 is 2.95 bits per heavy atom. The van der Waals surface area contributed by atoms with Crippen LogP contribution in [0.2, 0.25) is 0 Å². The molecule has 1 aromatic heterocycles. The molecule has 1 aliphatic rings. The van der Waals surface area contributed by atoms with Gasteiger partial charge in [-0.1, -0.05) is 12.1 Å². The van der Waals surface area contributed by atoms with Crippen LogP contribution < -0.4 is 5.32 Å². The van der Waals surface area contributed by atoms with E-state index in [2.05, 4.69) is 28.3 Å². The Labute approximate surface area is 112 Å². The van der Waals surface area contributed by atoms with Crippen LogP contribution in [-0.2, 0) is 13.1 Å². The summed E-state index contributed by atoms with van der Waals surface area (Å²) < 4.78 is 0. The van der Waals surface area contributed by atoms with Crippen LogP contribution >= 0.6 is 0 Å². The van der Waals surface area contributed by atoms with E-state index in [9.17, 15) is 4.79 Å². The smallest absolute Gasteiger partial charge is 0.257 e. The fourth-order valence-electron chi connectivity index (χ4n) is 2.39. The molecule has 4 nitrogen and oxygen atoms in total. The van der Waals surface area contributed by atoms with Crippen molar-refractivity contribution in [1.82, 2.24) is 9.88 Å². The Morgan fingerprint density at radius 2 is 2.16 bits per heavy atom. The molecule has 2 aromatic rings. The number of hydrogen-bond donors (Lipinski definition) is 1. The monoisotopic (exact) mass is 253 g/mol. The number of fused-ring (bicyclic) bond motifs is 1. The molecule has 96 valence electrons. The number of amides is 1. The molecule has 0 radical (unpaired) electrons. The van der Waals surface area contributed by atoms with Crippen molar-refractivity contribution >= 4 is 11.6 Å². The molecule has 0 bridgehead atoms. The zero-order chi connectivity index (χ0) is 13.2. The van der Waals surface area contributed by atoms with Crippen molar-refractivity contribution in [2.75, 3.05) is 12.4 Å². The van der Waals surface area contributed by atoms with E-state index in [1.807, 2.05) is 12.1 Å². The Kier molecular flexibility index (Phi) is 3.01. The summed E-state index contributed by atoms with van der Waals surface area (Å²) in [6.07, 6.45) is 3.23. The molecule has 1 aliphatic heterocycles. The Morgan fingerprint density at radius 1 is 1.26 bits per heavy atom. The maximum atomic E-state index is 12.1. The average Bonchev–Trinajstić information content (AvgIpc) is 2.81. The van der Waals surface area contributed by atoms with Gasteiger partial charge in [0.1, 0.15) is 0 Å². The molecule has 1 N–H and O–H groups in total. The fraction of sp³-hybridized carbons (Fsp3) is 0.200. The topological polar surface area (TPSA) is 45.2 Å². The molecular formula is C15H15N3O. The van der Waals surface area contributed by atoms with Crippen molar-refractivity contribution in [3.05, 3.63) is 59.4 Å². The summed E-state index contributed by atoms with van der Waals surface area (Å²) in [5.41, 5.74) is 3.97. The second-order valence-corrected chi connectivity index (χ2v) is 4.81. The zero-order valence-corrected chi connectivity index (χ0v) is 10.8. The predicted molar refractivity (Wildman–Crippen MR) is 73.8 cm³/mol. The molecule has 4 heteroatoms. The van der Waals surface area contributed by atoms with E-state index >= 15 is 0 Å². The van der Waals surface area contributed by atoms with Gasteiger partial charge in [-0.3, -0.25) is 14.7 Å². The van der Waals surface area contributed by atoms with Gasteiger partial charge in [-0.25, -0.2) is 0 Å². The van der Waals surface area contributed by atoms with Gasteiger partial charge in [0.2, 0.25) is 0 Å². The van der Waals surface area contributed by atoms with Crippen LogP contribution in [0.5, 0.6) is 0 Å². The van der Waals surface area contributed by atoms with E-state index in [1.54, 1.807) is 24.5 Å². The number of nitrogens with one attached hydrogen (secondary N) is 1. The highest BCUT2D eigenvalue weighted by atomic mass is 16.1. The first-order valence-electron chi connectivity index (χ1n) is 6.25. The van der Waals surface area contributed by atoms with Crippen LogP contribution in [0.15, 0.2) is 42.7 Å². The lowest BCUT2D eigenvalue weighted by Gasteiger charge is -2.10. The van der Waals surface area contributed by atoms with Gasteiger partial charge in [-0.2, -0.15) is 0 Å². The lowest BCUT2D eigenvalue weighted by atomic mass is 10.1. The van der Waals surface area contributed by atoms with Gasteiger partial charge in [-0.15, -0.1) is 0 Å². The number of pyridine rings is 1. The van der Waals surface area contributed by atoms with Crippen LogP contribution in [0, 0.1) is 0 Å². The van der Waals surface area contributed by atoms with Gasteiger partial charge in [0, 0.05) is 31.2 Å². The van der Waals surface area contributed by atoms with Crippen LogP contribution in [-0.4, -0.2) is 22.8 Å². The Bertz CT molecular complexity index is 610. The van der Waals surface area contributed by atoms with Crippen molar-refractivity contribution in [3.8, 4) is 0 Å². The zero-order valence-electron chi connectivity index (χ0n) is 10.8. The standard InChI is InChI=1S/C15H15N3O/c1-18-9-12-4-2-6-14(13(12)10-18)17-15(19)11-5-3-7-16-8-11/h2-8H,9-10H2,1H3,(H,17,19). The van der Waals surface area contributed by atoms with E-state index < -0.39 is 0 Å². The number of carbonyl (C=O) groups excluding carboxylic acids is 1. The largest absolute Gasteiger partial charge is 0.322 e. The summed E-state index contributed by atoms with van der Waals surface area (Å²) in [5, 5.41) is 2.97. The number of benzene rings is 1. The number of anilines is 1. The third-order valence-corrected chi connectivity index (χ3v) is 3.31. The second-order valence-electron chi connectivity index (χ2n) is 4.81. The minimum atomic E-state index is -0.115. The number of carbonyl (C=O) groups is 1. The van der Waals surface area contributed by atoms with Gasteiger partial charge in [0.25, 0.3) is 5.91 Å². The van der Waals surface area contributed by atoms with Crippen LogP contribution in [0.1, 0.15) is 21.5 Å². The van der Waals surface area contributed by atoms with Crippen molar-refractivity contribution in [1.29, 1.82) is 0 Å². The van der Waals surface area contributed by atoms with Crippen LogP contribution in [0.4, 0.5) is 5.69 Å². The van der Waals surface area contributed by atoms with Gasteiger partial charge in [-0.05, 0) is 36.4 Å². The van der Waals surface area contributed by atoms with Crippen molar-refractivity contribution in [2.45, 2.75) is 13.1 Å². The maximum Gasteiger partial charge on any atom is 0.257 e. The van der Waals surface area contributed by atoms with Gasteiger partial charge in [0.15, 0.2) is 0 Å². The molecule has 1 aromatic carbocycles. The molecule has 0 spiro atoms. The number of nitrogens with zero attached hydrogens (tertiary/aromatic N) is 2. The highest BCUT2D eigenvalue weighted by Crippen LogP contribution is 2.28. The maximum absolute atomic E-state index is 12.1. The molecule has 0 saturated carbocycles.